The quantitative estimate of drug-likeness (QED) is 0.476. The fraction of sp³-hybridized carbons (Fsp3) is 0.0870. The van der Waals surface area contributed by atoms with Crippen molar-refractivity contribution in [2.24, 2.45) is 0 Å². The maximum atomic E-state index is 13.9. The van der Waals surface area contributed by atoms with E-state index in [0.717, 1.165) is 4.90 Å². The fourth-order valence-electron chi connectivity index (χ4n) is 3.36. The van der Waals surface area contributed by atoms with Gasteiger partial charge < -0.3 is 14.8 Å². The number of urea groups is 1. The van der Waals surface area contributed by atoms with Crippen LogP contribution in [0.25, 0.3) is 17.4 Å². The average molecular weight is 420 g/mol. The Labute approximate surface area is 176 Å². The average Bonchev–Trinajstić information content (AvgIpc) is 3.29. The van der Waals surface area contributed by atoms with Crippen LogP contribution >= 0.6 is 0 Å². The molecule has 1 aliphatic heterocycles. The van der Waals surface area contributed by atoms with E-state index in [1.54, 1.807) is 37.3 Å². The SMILES string of the molecule is Cc1c(C(=O)O)cccc1-c1ccc(/C=C2/NC(=O)N(Cc3ccccc3F)C2=O)o1. The smallest absolute Gasteiger partial charge is 0.335 e. The Balaban J connectivity index is 1.58. The van der Waals surface area contributed by atoms with Gasteiger partial charge in [0.1, 0.15) is 23.0 Å². The second kappa shape index (κ2) is 7.91. The van der Waals surface area contributed by atoms with Gasteiger partial charge in [-0.05, 0) is 36.8 Å². The first-order chi connectivity index (χ1) is 14.8. The predicted octanol–water partition coefficient (Wildman–Crippen LogP) is 4.19. The van der Waals surface area contributed by atoms with Gasteiger partial charge in [-0.1, -0.05) is 30.3 Å². The number of nitrogens with one attached hydrogen (secondary N) is 1. The zero-order valence-corrected chi connectivity index (χ0v) is 16.4. The summed E-state index contributed by atoms with van der Waals surface area (Å²) < 4.78 is 19.6. The van der Waals surface area contributed by atoms with Gasteiger partial charge in [-0.2, -0.15) is 0 Å². The van der Waals surface area contributed by atoms with E-state index >= 15 is 0 Å². The van der Waals surface area contributed by atoms with Crippen LogP contribution in [0.2, 0.25) is 0 Å². The lowest BCUT2D eigenvalue weighted by Gasteiger charge is -2.12. The van der Waals surface area contributed by atoms with Gasteiger partial charge >= 0.3 is 12.0 Å². The highest BCUT2D eigenvalue weighted by Gasteiger charge is 2.34. The molecule has 1 fully saturated rings. The maximum absolute atomic E-state index is 13.9. The van der Waals surface area contributed by atoms with Crippen molar-refractivity contribution in [1.29, 1.82) is 0 Å². The van der Waals surface area contributed by atoms with Crippen LogP contribution in [-0.2, 0) is 11.3 Å². The van der Waals surface area contributed by atoms with E-state index in [2.05, 4.69) is 5.32 Å². The highest BCUT2D eigenvalue weighted by molar-refractivity contribution is 6.13. The number of imide groups is 1. The zero-order chi connectivity index (χ0) is 22.1. The number of carboxylic acids is 1. The van der Waals surface area contributed by atoms with Crippen molar-refractivity contribution in [3.05, 3.63) is 88.6 Å². The zero-order valence-electron chi connectivity index (χ0n) is 16.4. The summed E-state index contributed by atoms with van der Waals surface area (Å²) in [6.07, 6.45) is 1.38. The van der Waals surface area contributed by atoms with Crippen LogP contribution in [-0.4, -0.2) is 27.9 Å². The minimum absolute atomic E-state index is 0.00162. The van der Waals surface area contributed by atoms with E-state index in [-0.39, 0.29) is 23.4 Å². The fourth-order valence-corrected chi connectivity index (χ4v) is 3.36. The molecule has 0 unspecified atom stereocenters. The number of hydrogen-bond donors (Lipinski definition) is 2. The Morgan fingerprint density at radius 1 is 1.13 bits per heavy atom. The molecule has 0 saturated carbocycles. The Morgan fingerprint density at radius 3 is 2.65 bits per heavy atom. The van der Waals surface area contributed by atoms with Crippen molar-refractivity contribution in [3.63, 3.8) is 0 Å². The molecule has 1 saturated heterocycles. The van der Waals surface area contributed by atoms with Gasteiger partial charge in [0, 0.05) is 17.2 Å². The highest BCUT2D eigenvalue weighted by Crippen LogP contribution is 2.29. The van der Waals surface area contributed by atoms with Crippen LogP contribution in [0.4, 0.5) is 9.18 Å². The van der Waals surface area contributed by atoms with Gasteiger partial charge in [0.15, 0.2) is 0 Å². The number of rotatable bonds is 5. The summed E-state index contributed by atoms with van der Waals surface area (Å²) in [6, 6.07) is 13.4. The lowest BCUT2D eigenvalue weighted by molar-refractivity contribution is -0.123. The second-order valence-corrected chi connectivity index (χ2v) is 6.96. The van der Waals surface area contributed by atoms with Crippen molar-refractivity contribution in [2.75, 3.05) is 0 Å². The van der Waals surface area contributed by atoms with Crippen LogP contribution in [0.5, 0.6) is 0 Å². The monoisotopic (exact) mass is 420 g/mol. The minimum Gasteiger partial charge on any atom is -0.478 e. The third-order valence-electron chi connectivity index (χ3n) is 4.99. The molecular formula is C23H17FN2O5. The van der Waals surface area contributed by atoms with Crippen LogP contribution in [0.1, 0.15) is 27.2 Å². The van der Waals surface area contributed by atoms with Crippen molar-refractivity contribution in [2.45, 2.75) is 13.5 Å². The number of aromatic carboxylic acids is 1. The largest absolute Gasteiger partial charge is 0.478 e. The molecule has 31 heavy (non-hydrogen) atoms. The van der Waals surface area contributed by atoms with Crippen molar-refractivity contribution >= 4 is 24.0 Å². The standard InChI is InChI=1S/C23H17FN2O5/c1-13-16(6-4-7-17(13)22(28)29)20-10-9-15(31-20)11-19-21(27)26(23(30)25-19)12-14-5-2-3-8-18(14)24/h2-11H,12H2,1H3,(H,25,30)(H,28,29)/b19-11+. The van der Waals surface area contributed by atoms with E-state index in [0.29, 0.717) is 22.6 Å². The number of amides is 3. The molecule has 2 N–H and O–H groups in total. The topological polar surface area (TPSA) is 99.9 Å². The molecule has 0 atom stereocenters. The third kappa shape index (κ3) is 3.83. The molecular weight excluding hydrogens is 403 g/mol. The molecule has 0 aliphatic carbocycles. The van der Waals surface area contributed by atoms with Crippen LogP contribution in [0.15, 0.2) is 64.7 Å². The minimum atomic E-state index is -1.04. The number of furan rings is 1. The summed E-state index contributed by atoms with van der Waals surface area (Å²) in [5.41, 5.74) is 1.53. The molecule has 4 rings (SSSR count). The summed E-state index contributed by atoms with van der Waals surface area (Å²) in [7, 11) is 0. The first-order valence-corrected chi connectivity index (χ1v) is 9.36. The van der Waals surface area contributed by atoms with Crippen LogP contribution in [0.3, 0.4) is 0 Å². The van der Waals surface area contributed by atoms with Gasteiger partial charge in [-0.15, -0.1) is 0 Å². The van der Waals surface area contributed by atoms with E-state index in [4.69, 9.17) is 4.42 Å². The summed E-state index contributed by atoms with van der Waals surface area (Å²) in [4.78, 5) is 37.1. The number of carboxylic acid groups (broad SMARTS) is 1. The molecule has 0 radical (unpaired) electrons. The van der Waals surface area contributed by atoms with E-state index in [1.165, 1.54) is 30.3 Å². The highest BCUT2D eigenvalue weighted by atomic mass is 19.1. The second-order valence-electron chi connectivity index (χ2n) is 6.96. The summed E-state index contributed by atoms with van der Waals surface area (Å²) in [5.74, 6) is -1.42. The van der Waals surface area contributed by atoms with Gasteiger partial charge in [0.25, 0.3) is 5.91 Å². The molecule has 3 aromatic rings. The number of halogens is 1. The van der Waals surface area contributed by atoms with E-state index < -0.39 is 23.7 Å². The van der Waals surface area contributed by atoms with Crippen LogP contribution < -0.4 is 5.32 Å². The first-order valence-electron chi connectivity index (χ1n) is 9.36. The normalized spacial score (nSPS) is 14.9. The maximum Gasteiger partial charge on any atom is 0.335 e. The Morgan fingerprint density at radius 2 is 1.90 bits per heavy atom. The molecule has 3 amide bonds. The van der Waals surface area contributed by atoms with Crippen LogP contribution in [0, 0.1) is 12.7 Å². The van der Waals surface area contributed by atoms with Gasteiger partial charge in [0.05, 0.1) is 12.1 Å². The molecule has 8 heteroatoms. The van der Waals surface area contributed by atoms with E-state index in [9.17, 15) is 23.9 Å². The molecule has 2 aromatic carbocycles. The first kappa shape index (κ1) is 20.1. The molecule has 1 aromatic heterocycles. The molecule has 0 bridgehead atoms. The Bertz CT molecular complexity index is 1240. The number of carbonyl (C=O) groups excluding carboxylic acids is 2. The van der Waals surface area contributed by atoms with E-state index in [1.807, 2.05) is 0 Å². The number of benzene rings is 2. The summed E-state index contributed by atoms with van der Waals surface area (Å²) in [6.45, 7) is 1.49. The van der Waals surface area contributed by atoms with Crippen molar-refractivity contribution in [1.82, 2.24) is 10.2 Å². The van der Waals surface area contributed by atoms with Gasteiger partial charge in [-0.3, -0.25) is 9.69 Å². The predicted molar refractivity (Wildman–Crippen MR) is 109 cm³/mol. The lowest BCUT2D eigenvalue weighted by Crippen LogP contribution is -2.30. The Hall–Kier alpha value is -4.20. The molecule has 2 heterocycles. The third-order valence-corrected chi connectivity index (χ3v) is 4.99. The van der Waals surface area contributed by atoms with Crippen molar-refractivity contribution < 1.29 is 28.3 Å². The van der Waals surface area contributed by atoms with Gasteiger partial charge in [0.2, 0.25) is 0 Å². The number of carbonyl (C=O) groups is 3. The number of nitrogens with zero attached hydrogens (tertiary/aromatic N) is 1. The number of hydrogen-bond acceptors (Lipinski definition) is 4. The molecule has 156 valence electrons. The van der Waals surface area contributed by atoms with Gasteiger partial charge in [-0.25, -0.2) is 14.0 Å². The summed E-state index contributed by atoms with van der Waals surface area (Å²) in [5, 5.41) is 11.8. The molecule has 7 nitrogen and oxygen atoms in total. The lowest BCUT2D eigenvalue weighted by atomic mass is 10.0. The Kier molecular flexibility index (Phi) is 5.12. The van der Waals surface area contributed by atoms with Crippen molar-refractivity contribution in [3.8, 4) is 11.3 Å². The summed E-state index contributed by atoms with van der Waals surface area (Å²) >= 11 is 0. The molecule has 1 aliphatic rings. The molecule has 0 spiro atoms.